The molecule has 0 aliphatic carbocycles. The van der Waals surface area contributed by atoms with E-state index >= 15 is 0 Å². The summed E-state index contributed by atoms with van der Waals surface area (Å²) in [6.45, 7) is 2.00. The summed E-state index contributed by atoms with van der Waals surface area (Å²) in [5.41, 5.74) is 2.79. The number of aryl methyl sites for hydroxylation is 1. The van der Waals surface area contributed by atoms with Crippen molar-refractivity contribution >= 4 is 46.2 Å². The second-order valence-electron chi connectivity index (χ2n) is 5.98. The molecule has 0 bridgehead atoms. The number of rotatable bonds is 3. The van der Waals surface area contributed by atoms with Crippen LogP contribution in [0.3, 0.4) is 0 Å². The van der Waals surface area contributed by atoms with Crippen molar-refractivity contribution in [3.8, 4) is 11.3 Å². The molecule has 0 saturated carbocycles. The number of carbonyl (C=O) groups is 1. The molecule has 0 spiro atoms. The zero-order chi connectivity index (χ0) is 18.8. The van der Waals surface area contributed by atoms with E-state index in [0.717, 1.165) is 16.8 Å². The van der Waals surface area contributed by atoms with E-state index < -0.39 is 0 Å². The molecule has 1 amide bonds. The summed E-state index contributed by atoms with van der Waals surface area (Å²) in [5.74, 6) is 1.12. The van der Waals surface area contributed by atoms with Crippen molar-refractivity contribution in [1.29, 1.82) is 0 Å². The zero-order valence-corrected chi connectivity index (χ0v) is 16.0. The van der Waals surface area contributed by atoms with E-state index in [0.29, 0.717) is 26.6 Å². The average molecular weight is 395 g/mol. The lowest BCUT2D eigenvalue weighted by Crippen LogP contribution is -2.19. The molecular weight excluding hydrogens is 380 g/mol. The number of aliphatic imine (C=N–C) groups is 1. The highest BCUT2D eigenvalue weighted by Gasteiger charge is 2.24. The quantitative estimate of drug-likeness (QED) is 0.571. The minimum Gasteiger partial charge on any atom is -0.457 e. The monoisotopic (exact) mass is 394 g/mol. The Labute approximate surface area is 166 Å². The van der Waals surface area contributed by atoms with Crippen LogP contribution in [-0.2, 0) is 4.79 Å². The van der Waals surface area contributed by atoms with Crippen molar-refractivity contribution < 1.29 is 9.21 Å². The number of halogens is 1. The van der Waals surface area contributed by atoms with Crippen molar-refractivity contribution in [2.45, 2.75) is 6.92 Å². The normalized spacial score (nSPS) is 16.9. The minimum absolute atomic E-state index is 0.188. The highest BCUT2D eigenvalue weighted by atomic mass is 35.5. The molecule has 27 heavy (non-hydrogen) atoms. The smallest absolute Gasteiger partial charge is 0.264 e. The molecule has 1 saturated heterocycles. The largest absolute Gasteiger partial charge is 0.457 e. The Morgan fingerprint density at radius 1 is 1.11 bits per heavy atom. The van der Waals surface area contributed by atoms with Crippen LogP contribution in [0.15, 0.2) is 75.0 Å². The van der Waals surface area contributed by atoms with Gasteiger partial charge in [-0.2, -0.15) is 0 Å². The lowest BCUT2D eigenvalue weighted by molar-refractivity contribution is -0.115. The van der Waals surface area contributed by atoms with Gasteiger partial charge < -0.3 is 9.73 Å². The molecule has 2 aromatic carbocycles. The summed E-state index contributed by atoms with van der Waals surface area (Å²) in [6, 6.07) is 18.9. The van der Waals surface area contributed by atoms with E-state index in [-0.39, 0.29) is 5.91 Å². The number of benzene rings is 2. The second kappa shape index (κ2) is 7.47. The van der Waals surface area contributed by atoms with E-state index in [9.17, 15) is 4.79 Å². The number of nitrogens with zero attached hydrogens (tertiary/aromatic N) is 1. The molecule has 1 N–H and O–H groups in total. The number of nitrogens with one attached hydrogen (secondary N) is 1. The number of furan rings is 1. The van der Waals surface area contributed by atoms with Gasteiger partial charge in [-0.05, 0) is 60.6 Å². The molecule has 6 heteroatoms. The Morgan fingerprint density at radius 3 is 2.74 bits per heavy atom. The van der Waals surface area contributed by atoms with Crippen molar-refractivity contribution in [3.05, 3.63) is 81.9 Å². The van der Waals surface area contributed by atoms with E-state index in [1.54, 1.807) is 6.08 Å². The minimum atomic E-state index is -0.188. The molecule has 4 nitrogen and oxygen atoms in total. The van der Waals surface area contributed by atoms with Gasteiger partial charge in [-0.15, -0.1) is 0 Å². The third-order valence-electron chi connectivity index (χ3n) is 4.00. The highest BCUT2D eigenvalue weighted by molar-refractivity contribution is 8.18. The van der Waals surface area contributed by atoms with Gasteiger partial charge in [0.25, 0.3) is 5.91 Å². The number of para-hydroxylation sites is 1. The molecular formula is C21H15ClN2O2S. The maximum absolute atomic E-state index is 12.2. The van der Waals surface area contributed by atoms with Crippen LogP contribution in [0.2, 0.25) is 5.02 Å². The molecule has 1 fully saturated rings. The summed E-state index contributed by atoms with van der Waals surface area (Å²) >= 11 is 7.38. The summed E-state index contributed by atoms with van der Waals surface area (Å²) in [4.78, 5) is 17.2. The predicted molar refractivity (Wildman–Crippen MR) is 111 cm³/mol. The molecule has 0 radical (unpaired) electrons. The van der Waals surface area contributed by atoms with Gasteiger partial charge in [0.1, 0.15) is 11.5 Å². The number of thioether (sulfide) groups is 1. The van der Waals surface area contributed by atoms with E-state index in [4.69, 9.17) is 16.0 Å². The lowest BCUT2D eigenvalue weighted by Gasteiger charge is -2.02. The molecule has 134 valence electrons. The number of hydrogen-bond acceptors (Lipinski definition) is 4. The molecule has 1 aromatic heterocycles. The molecule has 2 heterocycles. The van der Waals surface area contributed by atoms with Gasteiger partial charge >= 0.3 is 0 Å². The van der Waals surface area contributed by atoms with Gasteiger partial charge in [0.15, 0.2) is 5.17 Å². The maximum Gasteiger partial charge on any atom is 0.264 e. The van der Waals surface area contributed by atoms with Crippen LogP contribution in [0.1, 0.15) is 11.3 Å². The van der Waals surface area contributed by atoms with Gasteiger partial charge in [-0.25, -0.2) is 4.99 Å². The average Bonchev–Trinajstić information content (AvgIpc) is 3.25. The fraction of sp³-hybridized carbons (Fsp3) is 0.0476. The Bertz CT molecular complexity index is 1070. The van der Waals surface area contributed by atoms with E-state index in [1.807, 2.05) is 67.6 Å². The van der Waals surface area contributed by atoms with Crippen LogP contribution in [0.25, 0.3) is 17.4 Å². The number of hydrogen-bond donors (Lipinski definition) is 1. The van der Waals surface area contributed by atoms with Gasteiger partial charge in [0, 0.05) is 16.7 Å². The standard InChI is InChI=1S/C21H15ClN2O2S/c1-13-7-8-14(22)11-17(13)18-10-9-16(26-18)12-19-20(25)24-21(27-19)23-15-5-3-2-4-6-15/h2-12H,1H3,(H,23,24,25)/b19-12+. The summed E-state index contributed by atoms with van der Waals surface area (Å²) in [6.07, 6.45) is 1.72. The highest BCUT2D eigenvalue weighted by Crippen LogP contribution is 2.31. The maximum atomic E-state index is 12.2. The molecule has 4 rings (SSSR count). The Kier molecular flexibility index (Phi) is 4.88. The van der Waals surface area contributed by atoms with Crippen LogP contribution in [-0.4, -0.2) is 11.1 Å². The predicted octanol–water partition coefficient (Wildman–Crippen LogP) is 5.80. The number of amidine groups is 1. The summed E-state index contributed by atoms with van der Waals surface area (Å²) in [5, 5.41) is 3.98. The Morgan fingerprint density at radius 2 is 1.93 bits per heavy atom. The Balaban J connectivity index is 1.58. The number of carbonyl (C=O) groups excluding carboxylic acids is 1. The van der Waals surface area contributed by atoms with E-state index in [2.05, 4.69) is 10.3 Å². The van der Waals surface area contributed by atoms with Gasteiger partial charge in [0.05, 0.1) is 10.6 Å². The van der Waals surface area contributed by atoms with Crippen LogP contribution in [0, 0.1) is 6.92 Å². The summed E-state index contributed by atoms with van der Waals surface area (Å²) in [7, 11) is 0. The van der Waals surface area contributed by atoms with Gasteiger partial charge in [-0.3, -0.25) is 4.79 Å². The molecule has 1 aliphatic heterocycles. The Hall–Kier alpha value is -2.76. The third-order valence-corrected chi connectivity index (χ3v) is 5.15. The first-order chi connectivity index (χ1) is 13.1. The van der Waals surface area contributed by atoms with Crippen molar-refractivity contribution in [2.24, 2.45) is 4.99 Å². The van der Waals surface area contributed by atoms with Crippen molar-refractivity contribution in [3.63, 3.8) is 0 Å². The fourth-order valence-electron chi connectivity index (χ4n) is 2.66. The first-order valence-electron chi connectivity index (χ1n) is 8.29. The molecule has 0 unspecified atom stereocenters. The SMILES string of the molecule is Cc1ccc(Cl)cc1-c1ccc(/C=C2/SC(=Nc3ccccc3)NC2=O)o1. The third kappa shape index (κ3) is 3.99. The first-order valence-corrected chi connectivity index (χ1v) is 9.49. The topological polar surface area (TPSA) is 54.6 Å². The van der Waals surface area contributed by atoms with Crippen molar-refractivity contribution in [2.75, 3.05) is 0 Å². The molecule has 1 aliphatic rings. The first kappa shape index (κ1) is 17.6. The van der Waals surface area contributed by atoms with Gasteiger partial charge in [-0.1, -0.05) is 35.9 Å². The van der Waals surface area contributed by atoms with Crippen LogP contribution in [0.5, 0.6) is 0 Å². The zero-order valence-electron chi connectivity index (χ0n) is 14.4. The lowest BCUT2D eigenvalue weighted by atomic mass is 10.1. The van der Waals surface area contributed by atoms with Gasteiger partial charge in [0.2, 0.25) is 0 Å². The van der Waals surface area contributed by atoms with Crippen molar-refractivity contribution in [1.82, 2.24) is 5.32 Å². The second-order valence-corrected chi connectivity index (χ2v) is 7.45. The molecule has 0 atom stereocenters. The number of amides is 1. The molecule has 3 aromatic rings. The van der Waals surface area contributed by atoms with E-state index in [1.165, 1.54) is 11.8 Å². The van der Waals surface area contributed by atoms with Crippen LogP contribution in [0.4, 0.5) is 5.69 Å². The fourth-order valence-corrected chi connectivity index (χ4v) is 3.66. The van der Waals surface area contributed by atoms with Crippen LogP contribution < -0.4 is 5.32 Å². The van der Waals surface area contributed by atoms with Crippen LogP contribution >= 0.6 is 23.4 Å². The summed E-state index contributed by atoms with van der Waals surface area (Å²) < 4.78 is 5.90.